The molecule has 2 aromatic carbocycles. The zero-order chi connectivity index (χ0) is 16.7. The van der Waals surface area contributed by atoms with Crippen LogP contribution in [0.4, 0.5) is 13.2 Å². The second-order valence-electron chi connectivity index (χ2n) is 5.23. The van der Waals surface area contributed by atoms with Gasteiger partial charge in [0.05, 0.1) is 15.4 Å². The van der Waals surface area contributed by atoms with Crippen LogP contribution in [0.3, 0.4) is 0 Å². The van der Waals surface area contributed by atoms with E-state index in [1.165, 1.54) is 12.1 Å². The molecule has 22 heavy (non-hydrogen) atoms. The van der Waals surface area contributed by atoms with Crippen LogP contribution in [-0.2, 0) is 16.0 Å². The SMILES string of the molecule is Cc1cc(C)c(S(=O)(=O)c2ccccc2C(F)(F)F)c(C)c1. The van der Waals surface area contributed by atoms with Gasteiger partial charge in [-0.05, 0) is 44.0 Å². The Balaban J connectivity index is 2.79. The van der Waals surface area contributed by atoms with Gasteiger partial charge in [-0.3, -0.25) is 0 Å². The standard InChI is InChI=1S/C16H15F3O2S/c1-10-8-11(2)15(12(3)9-10)22(20,21)14-7-5-4-6-13(14)16(17,18)19/h4-9H,1-3H3. The van der Waals surface area contributed by atoms with E-state index in [1.807, 2.05) is 0 Å². The third-order valence-corrected chi connectivity index (χ3v) is 5.47. The highest BCUT2D eigenvalue weighted by Gasteiger charge is 2.38. The lowest BCUT2D eigenvalue weighted by Gasteiger charge is -2.16. The van der Waals surface area contributed by atoms with E-state index < -0.39 is 26.5 Å². The predicted molar refractivity (Wildman–Crippen MR) is 77.5 cm³/mol. The lowest BCUT2D eigenvalue weighted by atomic mass is 10.1. The van der Waals surface area contributed by atoms with Gasteiger partial charge < -0.3 is 0 Å². The van der Waals surface area contributed by atoms with Crippen molar-refractivity contribution in [3.8, 4) is 0 Å². The average molecular weight is 328 g/mol. The quantitative estimate of drug-likeness (QED) is 0.815. The number of sulfone groups is 1. The molecule has 0 N–H and O–H groups in total. The van der Waals surface area contributed by atoms with Gasteiger partial charge >= 0.3 is 6.18 Å². The maximum absolute atomic E-state index is 13.1. The summed E-state index contributed by atoms with van der Waals surface area (Å²) in [6.07, 6.45) is -4.73. The van der Waals surface area contributed by atoms with Crippen LogP contribution in [-0.4, -0.2) is 8.42 Å². The summed E-state index contributed by atoms with van der Waals surface area (Å²) in [5, 5.41) is 0. The summed E-state index contributed by atoms with van der Waals surface area (Å²) in [7, 11) is -4.25. The zero-order valence-electron chi connectivity index (χ0n) is 12.3. The van der Waals surface area contributed by atoms with Gasteiger partial charge in [0.25, 0.3) is 0 Å². The molecule has 2 nitrogen and oxygen atoms in total. The van der Waals surface area contributed by atoms with Gasteiger partial charge in [-0.15, -0.1) is 0 Å². The summed E-state index contributed by atoms with van der Waals surface area (Å²) in [4.78, 5) is -0.771. The smallest absolute Gasteiger partial charge is 0.218 e. The predicted octanol–water partition coefficient (Wildman–Crippen LogP) is 4.46. The van der Waals surface area contributed by atoms with Crippen molar-refractivity contribution in [2.24, 2.45) is 0 Å². The molecule has 6 heteroatoms. The van der Waals surface area contributed by atoms with Gasteiger partial charge in [0.15, 0.2) is 0 Å². The minimum absolute atomic E-state index is 0.0604. The van der Waals surface area contributed by atoms with Gasteiger partial charge in [0.2, 0.25) is 9.84 Å². The number of halogens is 3. The van der Waals surface area contributed by atoms with Crippen LogP contribution in [0, 0.1) is 20.8 Å². The minimum atomic E-state index is -4.73. The number of aryl methyl sites for hydroxylation is 3. The van der Waals surface area contributed by atoms with E-state index in [1.54, 1.807) is 32.9 Å². The molecule has 0 saturated heterocycles. The number of hydrogen-bond acceptors (Lipinski definition) is 2. The average Bonchev–Trinajstić information content (AvgIpc) is 2.36. The van der Waals surface area contributed by atoms with Crippen LogP contribution in [0.1, 0.15) is 22.3 Å². The van der Waals surface area contributed by atoms with E-state index in [2.05, 4.69) is 0 Å². The minimum Gasteiger partial charge on any atom is -0.218 e. The molecule has 0 unspecified atom stereocenters. The van der Waals surface area contributed by atoms with Crippen molar-refractivity contribution in [1.82, 2.24) is 0 Å². The van der Waals surface area contributed by atoms with E-state index in [4.69, 9.17) is 0 Å². The monoisotopic (exact) mass is 328 g/mol. The maximum atomic E-state index is 13.1. The Bertz CT molecular complexity index is 799. The fourth-order valence-electron chi connectivity index (χ4n) is 2.64. The van der Waals surface area contributed by atoms with Crippen LogP contribution in [0.5, 0.6) is 0 Å². The molecule has 0 aliphatic rings. The van der Waals surface area contributed by atoms with Crippen molar-refractivity contribution >= 4 is 9.84 Å². The molecule has 2 rings (SSSR count). The Labute approximate surface area is 127 Å². The molecule has 2 aromatic rings. The first-order valence-electron chi connectivity index (χ1n) is 6.54. The zero-order valence-corrected chi connectivity index (χ0v) is 13.1. The van der Waals surface area contributed by atoms with Crippen LogP contribution in [0.25, 0.3) is 0 Å². The largest absolute Gasteiger partial charge is 0.417 e. The lowest BCUT2D eigenvalue weighted by molar-refractivity contribution is -0.139. The Kier molecular flexibility index (Phi) is 4.08. The van der Waals surface area contributed by atoms with Crippen molar-refractivity contribution in [1.29, 1.82) is 0 Å². The molecular formula is C16H15F3O2S. The molecule has 0 radical (unpaired) electrons. The molecule has 0 heterocycles. The molecule has 0 saturated carbocycles. The van der Waals surface area contributed by atoms with Gasteiger partial charge in [-0.2, -0.15) is 13.2 Å². The maximum Gasteiger partial charge on any atom is 0.417 e. The first kappa shape index (κ1) is 16.5. The molecular weight excluding hydrogens is 313 g/mol. The van der Waals surface area contributed by atoms with E-state index in [0.717, 1.165) is 17.7 Å². The third-order valence-electron chi connectivity index (χ3n) is 3.36. The fraction of sp³-hybridized carbons (Fsp3) is 0.250. The second-order valence-corrected chi connectivity index (χ2v) is 7.08. The summed E-state index contributed by atoms with van der Waals surface area (Å²) in [5.74, 6) is 0. The molecule has 0 aromatic heterocycles. The highest BCUT2D eigenvalue weighted by molar-refractivity contribution is 7.91. The van der Waals surface area contributed by atoms with Crippen molar-refractivity contribution in [3.05, 3.63) is 58.7 Å². The lowest BCUT2D eigenvalue weighted by Crippen LogP contribution is -2.15. The molecule has 0 amide bonds. The van der Waals surface area contributed by atoms with Crippen molar-refractivity contribution in [3.63, 3.8) is 0 Å². The number of hydrogen-bond donors (Lipinski definition) is 0. The Morgan fingerprint density at radius 2 is 1.41 bits per heavy atom. The van der Waals surface area contributed by atoms with Crippen LogP contribution in [0.2, 0.25) is 0 Å². The first-order valence-corrected chi connectivity index (χ1v) is 8.02. The summed E-state index contributed by atoms with van der Waals surface area (Å²) in [6, 6.07) is 7.55. The second kappa shape index (κ2) is 5.43. The van der Waals surface area contributed by atoms with Crippen molar-refractivity contribution < 1.29 is 21.6 Å². The summed E-state index contributed by atoms with van der Waals surface area (Å²) >= 11 is 0. The normalized spacial score (nSPS) is 12.5. The van der Waals surface area contributed by atoms with E-state index >= 15 is 0 Å². The van der Waals surface area contributed by atoms with Crippen LogP contribution >= 0.6 is 0 Å². The van der Waals surface area contributed by atoms with Gasteiger partial charge in [0.1, 0.15) is 0 Å². The summed E-state index contributed by atoms with van der Waals surface area (Å²) in [6.45, 7) is 4.98. The molecule has 0 spiro atoms. The van der Waals surface area contributed by atoms with Crippen molar-refractivity contribution in [2.75, 3.05) is 0 Å². The Morgan fingerprint density at radius 3 is 1.91 bits per heavy atom. The first-order chi connectivity index (χ1) is 10.0. The van der Waals surface area contributed by atoms with Gasteiger partial charge in [-0.25, -0.2) is 8.42 Å². The van der Waals surface area contributed by atoms with Crippen LogP contribution < -0.4 is 0 Å². The molecule has 0 bridgehead atoms. The van der Waals surface area contributed by atoms with E-state index in [9.17, 15) is 21.6 Å². The van der Waals surface area contributed by atoms with Crippen LogP contribution in [0.15, 0.2) is 46.2 Å². The number of benzene rings is 2. The Hall–Kier alpha value is -1.82. The molecule has 0 aliphatic carbocycles. The fourth-order valence-corrected chi connectivity index (χ4v) is 4.55. The topological polar surface area (TPSA) is 34.1 Å². The van der Waals surface area contributed by atoms with E-state index in [-0.39, 0.29) is 4.90 Å². The summed E-state index contributed by atoms with van der Waals surface area (Å²) in [5.41, 5.74) is 0.594. The molecule has 0 fully saturated rings. The van der Waals surface area contributed by atoms with Gasteiger partial charge in [0, 0.05) is 0 Å². The molecule has 118 valence electrons. The third kappa shape index (κ3) is 2.88. The highest BCUT2D eigenvalue weighted by Crippen LogP contribution is 2.37. The van der Waals surface area contributed by atoms with E-state index in [0.29, 0.717) is 11.1 Å². The van der Waals surface area contributed by atoms with Gasteiger partial charge in [-0.1, -0.05) is 29.8 Å². The highest BCUT2D eigenvalue weighted by atomic mass is 32.2. The van der Waals surface area contributed by atoms with Crippen molar-refractivity contribution in [2.45, 2.75) is 36.7 Å². The molecule has 0 atom stereocenters. The Morgan fingerprint density at radius 1 is 0.909 bits per heavy atom. The number of alkyl halides is 3. The molecule has 0 aliphatic heterocycles. The summed E-state index contributed by atoms with van der Waals surface area (Å²) < 4.78 is 64.8. The number of rotatable bonds is 2.